The molecule has 1 amide bonds. The summed E-state index contributed by atoms with van der Waals surface area (Å²) in [6.07, 6.45) is 3.41. The molecule has 0 saturated heterocycles. The van der Waals surface area contributed by atoms with E-state index in [-0.39, 0.29) is 18.2 Å². The first kappa shape index (κ1) is 17.3. The quantitative estimate of drug-likeness (QED) is 0.766. The molecule has 7 heteroatoms. The molecule has 1 heterocycles. The highest BCUT2D eigenvalue weighted by atomic mass is 16.5. The molecule has 1 aliphatic rings. The largest absolute Gasteiger partial charge is 0.504 e. The average molecular weight is 345 g/mol. The molecule has 1 fully saturated rings. The van der Waals surface area contributed by atoms with Crippen LogP contribution < -0.4 is 15.8 Å². The maximum atomic E-state index is 12.3. The minimum Gasteiger partial charge on any atom is -0.504 e. The van der Waals surface area contributed by atoms with Gasteiger partial charge in [0.15, 0.2) is 11.5 Å². The Bertz CT molecular complexity index is 779. The van der Waals surface area contributed by atoms with Crippen LogP contribution >= 0.6 is 0 Å². The number of hydrogen-bond acceptors (Lipinski definition) is 6. The molecule has 1 aromatic heterocycles. The van der Waals surface area contributed by atoms with Crippen LogP contribution in [-0.2, 0) is 11.3 Å². The molecule has 7 nitrogen and oxygen atoms in total. The van der Waals surface area contributed by atoms with Gasteiger partial charge in [-0.3, -0.25) is 4.79 Å². The van der Waals surface area contributed by atoms with E-state index in [0.717, 1.165) is 25.7 Å². The summed E-state index contributed by atoms with van der Waals surface area (Å²) >= 11 is 0. The number of carbonyl (C=O) groups excluding carboxylic acids is 1. The van der Waals surface area contributed by atoms with Gasteiger partial charge in [0, 0.05) is 5.56 Å². The standard InChI is InChI=1S/C18H23N3O4/c1-11-13(10-20-17(23)18(19)7-3-4-8-18)21-16(25-11)12-5-6-14(22)15(9-12)24-2/h5-6,9,22H,3-4,7-8,10,19H2,1-2H3,(H,20,23). The van der Waals surface area contributed by atoms with Gasteiger partial charge >= 0.3 is 0 Å². The van der Waals surface area contributed by atoms with E-state index in [4.69, 9.17) is 14.9 Å². The van der Waals surface area contributed by atoms with Crippen LogP contribution in [0.3, 0.4) is 0 Å². The zero-order chi connectivity index (χ0) is 18.0. The topological polar surface area (TPSA) is 111 Å². The smallest absolute Gasteiger partial charge is 0.240 e. The van der Waals surface area contributed by atoms with Crippen molar-refractivity contribution in [2.75, 3.05) is 7.11 Å². The number of nitrogens with one attached hydrogen (secondary N) is 1. The number of methoxy groups -OCH3 is 1. The molecule has 134 valence electrons. The van der Waals surface area contributed by atoms with E-state index in [0.29, 0.717) is 28.7 Å². The summed E-state index contributed by atoms with van der Waals surface area (Å²) in [7, 11) is 1.48. The Morgan fingerprint density at radius 3 is 2.84 bits per heavy atom. The molecule has 0 atom stereocenters. The Hall–Kier alpha value is -2.54. The van der Waals surface area contributed by atoms with Gasteiger partial charge in [0.25, 0.3) is 0 Å². The van der Waals surface area contributed by atoms with Crippen molar-refractivity contribution in [3.05, 3.63) is 29.7 Å². The van der Waals surface area contributed by atoms with Gasteiger partial charge in [-0.2, -0.15) is 0 Å². The summed E-state index contributed by atoms with van der Waals surface area (Å²) in [5.41, 5.74) is 6.73. The van der Waals surface area contributed by atoms with Crippen molar-refractivity contribution in [2.24, 2.45) is 5.73 Å². The summed E-state index contributed by atoms with van der Waals surface area (Å²) < 4.78 is 10.8. The molecule has 1 saturated carbocycles. The van der Waals surface area contributed by atoms with Crippen molar-refractivity contribution < 1.29 is 19.1 Å². The van der Waals surface area contributed by atoms with Gasteiger partial charge in [-0.05, 0) is 38.0 Å². The normalized spacial score (nSPS) is 16.0. The van der Waals surface area contributed by atoms with Crippen LogP contribution in [0.2, 0.25) is 0 Å². The van der Waals surface area contributed by atoms with Crippen molar-refractivity contribution in [1.82, 2.24) is 10.3 Å². The van der Waals surface area contributed by atoms with Crippen molar-refractivity contribution in [1.29, 1.82) is 0 Å². The maximum absolute atomic E-state index is 12.3. The number of nitrogens with two attached hydrogens (primary N) is 1. The molecule has 3 rings (SSSR count). The number of oxazole rings is 1. The van der Waals surface area contributed by atoms with Crippen LogP contribution in [0.1, 0.15) is 37.1 Å². The number of ether oxygens (including phenoxy) is 1. The molecular formula is C18H23N3O4. The highest BCUT2D eigenvalue weighted by molar-refractivity contribution is 5.86. The van der Waals surface area contributed by atoms with E-state index >= 15 is 0 Å². The second-order valence-electron chi connectivity index (χ2n) is 6.45. The van der Waals surface area contributed by atoms with Gasteiger partial charge in [-0.15, -0.1) is 0 Å². The second-order valence-corrected chi connectivity index (χ2v) is 6.45. The van der Waals surface area contributed by atoms with Gasteiger partial charge in [0.05, 0.1) is 19.2 Å². The molecule has 25 heavy (non-hydrogen) atoms. The molecule has 0 spiro atoms. The Morgan fingerprint density at radius 2 is 2.16 bits per heavy atom. The number of aryl methyl sites for hydroxylation is 1. The number of hydrogen-bond donors (Lipinski definition) is 3. The predicted molar refractivity (Wildman–Crippen MR) is 92.1 cm³/mol. The summed E-state index contributed by atoms with van der Waals surface area (Å²) in [5.74, 6) is 1.28. The first-order valence-electron chi connectivity index (χ1n) is 8.34. The molecule has 0 bridgehead atoms. The zero-order valence-corrected chi connectivity index (χ0v) is 14.5. The van der Waals surface area contributed by atoms with E-state index in [1.165, 1.54) is 13.2 Å². The lowest BCUT2D eigenvalue weighted by Gasteiger charge is -2.21. The Kier molecular flexibility index (Phi) is 4.67. The van der Waals surface area contributed by atoms with Gasteiger partial charge in [0.2, 0.25) is 11.8 Å². The lowest BCUT2D eigenvalue weighted by atomic mass is 9.98. The van der Waals surface area contributed by atoms with E-state index < -0.39 is 5.54 Å². The van der Waals surface area contributed by atoms with E-state index in [9.17, 15) is 9.90 Å². The van der Waals surface area contributed by atoms with E-state index in [2.05, 4.69) is 10.3 Å². The summed E-state index contributed by atoms with van der Waals surface area (Å²) in [6.45, 7) is 2.06. The first-order valence-corrected chi connectivity index (χ1v) is 8.34. The third kappa shape index (κ3) is 3.46. The zero-order valence-electron chi connectivity index (χ0n) is 14.5. The van der Waals surface area contributed by atoms with Crippen LogP contribution in [-0.4, -0.2) is 28.6 Å². The SMILES string of the molecule is COc1cc(-c2nc(CNC(=O)C3(N)CCCC3)c(C)o2)ccc1O. The van der Waals surface area contributed by atoms with E-state index in [1.807, 2.05) is 0 Å². The highest BCUT2D eigenvalue weighted by Gasteiger charge is 2.36. The third-order valence-electron chi connectivity index (χ3n) is 4.68. The van der Waals surface area contributed by atoms with Crippen LogP contribution in [0.25, 0.3) is 11.5 Å². The number of rotatable bonds is 5. The molecular weight excluding hydrogens is 322 g/mol. The lowest BCUT2D eigenvalue weighted by molar-refractivity contribution is -0.126. The maximum Gasteiger partial charge on any atom is 0.240 e. The monoisotopic (exact) mass is 345 g/mol. The number of carbonyl (C=O) groups is 1. The van der Waals surface area contributed by atoms with Crippen molar-refractivity contribution in [3.8, 4) is 23.0 Å². The molecule has 4 N–H and O–H groups in total. The fourth-order valence-corrected chi connectivity index (χ4v) is 3.10. The van der Waals surface area contributed by atoms with Gasteiger partial charge in [-0.25, -0.2) is 4.98 Å². The molecule has 0 aliphatic heterocycles. The fourth-order valence-electron chi connectivity index (χ4n) is 3.10. The highest BCUT2D eigenvalue weighted by Crippen LogP contribution is 2.32. The molecule has 0 unspecified atom stereocenters. The first-order chi connectivity index (χ1) is 11.9. The van der Waals surface area contributed by atoms with Crippen molar-refractivity contribution in [3.63, 3.8) is 0 Å². The molecule has 1 aliphatic carbocycles. The summed E-state index contributed by atoms with van der Waals surface area (Å²) in [5, 5.41) is 12.5. The molecule has 1 aromatic carbocycles. The fraction of sp³-hybridized carbons (Fsp3) is 0.444. The van der Waals surface area contributed by atoms with Gasteiger partial charge in [-0.1, -0.05) is 12.8 Å². The second kappa shape index (κ2) is 6.76. The van der Waals surface area contributed by atoms with Crippen LogP contribution in [0.4, 0.5) is 0 Å². The number of nitrogens with zero attached hydrogens (tertiary/aromatic N) is 1. The number of phenols is 1. The van der Waals surface area contributed by atoms with Crippen molar-refractivity contribution >= 4 is 5.91 Å². The van der Waals surface area contributed by atoms with Crippen LogP contribution in [0, 0.1) is 6.92 Å². The Balaban J connectivity index is 1.73. The lowest BCUT2D eigenvalue weighted by Crippen LogP contribution is -2.51. The number of phenolic OH excluding ortho intramolecular Hbond substituents is 1. The summed E-state index contributed by atoms with van der Waals surface area (Å²) in [4.78, 5) is 16.8. The number of benzene rings is 1. The summed E-state index contributed by atoms with van der Waals surface area (Å²) in [6, 6.07) is 4.86. The third-order valence-corrected chi connectivity index (χ3v) is 4.68. The minimum atomic E-state index is -0.759. The number of aromatic nitrogens is 1. The van der Waals surface area contributed by atoms with E-state index in [1.54, 1.807) is 19.1 Å². The van der Waals surface area contributed by atoms with Gasteiger partial charge in [0.1, 0.15) is 11.5 Å². The average Bonchev–Trinajstić information content (AvgIpc) is 3.20. The number of amides is 1. The minimum absolute atomic E-state index is 0.0480. The molecule has 2 aromatic rings. The number of aromatic hydroxyl groups is 1. The Labute approximate surface area is 146 Å². The van der Waals surface area contributed by atoms with Crippen LogP contribution in [0.5, 0.6) is 11.5 Å². The van der Waals surface area contributed by atoms with Gasteiger partial charge < -0.3 is 25.3 Å². The Morgan fingerprint density at radius 1 is 1.44 bits per heavy atom. The van der Waals surface area contributed by atoms with Crippen LogP contribution in [0.15, 0.2) is 22.6 Å². The van der Waals surface area contributed by atoms with Crippen molar-refractivity contribution in [2.45, 2.75) is 44.7 Å². The predicted octanol–water partition coefficient (Wildman–Crippen LogP) is 2.25. The molecule has 0 radical (unpaired) electrons.